The molecule has 7 nitrogen and oxygen atoms in total. The van der Waals surface area contributed by atoms with Crippen molar-refractivity contribution in [3.8, 4) is 0 Å². The molecular weight excluding hydrogens is 276 g/mol. The highest BCUT2D eigenvalue weighted by Gasteiger charge is 2.35. The van der Waals surface area contributed by atoms with Crippen LogP contribution in [0.4, 0.5) is 0 Å². The monoisotopic (exact) mass is 296 g/mol. The standard InChI is InChI=1S/C14H20N2O5/c1-15(7-8-17)9-10-4-5-12(21-10)13(18)16-6-2-3-11(16)14(19)20/h4-5,11,17H,2-3,6-9H2,1H3,(H,19,20). The molecule has 116 valence electrons. The largest absolute Gasteiger partial charge is 0.480 e. The number of rotatable bonds is 6. The van der Waals surface area contributed by atoms with Gasteiger partial charge in [0.2, 0.25) is 0 Å². The lowest BCUT2D eigenvalue weighted by atomic mass is 10.2. The van der Waals surface area contributed by atoms with Gasteiger partial charge in [-0.1, -0.05) is 0 Å². The van der Waals surface area contributed by atoms with Crippen molar-refractivity contribution >= 4 is 11.9 Å². The third kappa shape index (κ3) is 3.62. The number of carbonyl (C=O) groups is 2. The molecular formula is C14H20N2O5. The Morgan fingerprint density at radius 1 is 1.48 bits per heavy atom. The molecule has 1 fully saturated rings. The highest BCUT2D eigenvalue weighted by atomic mass is 16.4. The zero-order valence-corrected chi connectivity index (χ0v) is 12.0. The van der Waals surface area contributed by atoms with Crippen molar-refractivity contribution in [1.82, 2.24) is 9.80 Å². The maximum atomic E-state index is 12.3. The molecule has 2 rings (SSSR count). The number of carbonyl (C=O) groups excluding carboxylic acids is 1. The number of aliphatic hydroxyl groups excluding tert-OH is 1. The van der Waals surface area contributed by atoms with Crippen LogP contribution in [0, 0.1) is 0 Å². The number of likely N-dealkylation sites (tertiary alicyclic amines) is 1. The van der Waals surface area contributed by atoms with Crippen LogP contribution in [0.15, 0.2) is 16.5 Å². The van der Waals surface area contributed by atoms with E-state index >= 15 is 0 Å². The van der Waals surface area contributed by atoms with Gasteiger partial charge in [0.05, 0.1) is 13.2 Å². The van der Waals surface area contributed by atoms with Crippen LogP contribution in [0.25, 0.3) is 0 Å². The van der Waals surface area contributed by atoms with Gasteiger partial charge in [-0.25, -0.2) is 4.79 Å². The Hall–Kier alpha value is -1.86. The minimum Gasteiger partial charge on any atom is -0.480 e. The highest BCUT2D eigenvalue weighted by Crippen LogP contribution is 2.21. The van der Waals surface area contributed by atoms with Crippen LogP contribution >= 0.6 is 0 Å². The van der Waals surface area contributed by atoms with E-state index in [1.165, 1.54) is 4.90 Å². The summed E-state index contributed by atoms with van der Waals surface area (Å²) in [6.45, 7) is 1.49. The summed E-state index contributed by atoms with van der Waals surface area (Å²) in [5.41, 5.74) is 0. The van der Waals surface area contributed by atoms with Crippen LogP contribution in [-0.4, -0.2) is 64.7 Å². The van der Waals surface area contributed by atoms with Gasteiger partial charge < -0.3 is 19.5 Å². The summed E-state index contributed by atoms with van der Waals surface area (Å²) in [5, 5.41) is 18.0. The minimum atomic E-state index is -0.977. The Kier molecular flexibility index (Phi) is 4.98. The number of carboxylic acid groups (broad SMARTS) is 1. The maximum Gasteiger partial charge on any atom is 0.326 e. The summed E-state index contributed by atoms with van der Waals surface area (Å²) in [7, 11) is 1.83. The van der Waals surface area contributed by atoms with Crippen LogP contribution < -0.4 is 0 Å². The molecule has 0 aromatic carbocycles. The Bertz CT molecular complexity index is 513. The average Bonchev–Trinajstić information content (AvgIpc) is 3.06. The fraction of sp³-hybridized carbons (Fsp3) is 0.571. The van der Waals surface area contributed by atoms with E-state index in [-0.39, 0.29) is 18.3 Å². The van der Waals surface area contributed by atoms with Crippen molar-refractivity contribution in [2.45, 2.75) is 25.4 Å². The number of furan rings is 1. The van der Waals surface area contributed by atoms with Gasteiger partial charge in [-0.3, -0.25) is 9.69 Å². The van der Waals surface area contributed by atoms with Crippen LogP contribution in [0.1, 0.15) is 29.2 Å². The smallest absolute Gasteiger partial charge is 0.326 e. The lowest BCUT2D eigenvalue weighted by molar-refractivity contribution is -0.141. The number of nitrogens with zero attached hydrogens (tertiary/aromatic N) is 2. The van der Waals surface area contributed by atoms with Crippen molar-refractivity contribution in [2.75, 3.05) is 26.7 Å². The molecule has 0 spiro atoms. The molecule has 0 bridgehead atoms. The molecule has 1 aromatic heterocycles. The molecule has 0 radical (unpaired) electrons. The van der Waals surface area contributed by atoms with Gasteiger partial charge in [-0.2, -0.15) is 0 Å². The van der Waals surface area contributed by atoms with E-state index in [1.54, 1.807) is 12.1 Å². The summed E-state index contributed by atoms with van der Waals surface area (Å²) in [4.78, 5) is 26.6. The molecule has 2 heterocycles. The molecule has 1 amide bonds. The predicted octanol–water partition coefficient (Wildman–Crippen LogP) is 0.393. The summed E-state index contributed by atoms with van der Waals surface area (Å²) in [5.74, 6) is -0.581. The first-order valence-electron chi connectivity index (χ1n) is 6.95. The molecule has 1 aliphatic heterocycles. The minimum absolute atomic E-state index is 0.0526. The van der Waals surface area contributed by atoms with Gasteiger partial charge in [0.25, 0.3) is 5.91 Å². The second-order valence-electron chi connectivity index (χ2n) is 5.22. The average molecular weight is 296 g/mol. The first-order chi connectivity index (χ1) is 10.0. The summed E-state index contributed by atoms with van der Waals surface area (Å²) in [6.07, 6.45) is 1.17. The van der Waals surface area contributed by atoms with E-state index in [1.807, 2.05) is 11.9 Å². The zero-order chi connectivity index (χ0) is 15.4. The molecule has 1 saturated heterocycles. The van der Waals surface area contributed by atoms with E-state index in [2.05, 4.69) is 0 Å². The van der Waals surface area contributed by atoms with Crippen LogP contribution in [-0.2, 0) is 11.3 Å². The third-order valence-corrected chi connectivity index (χ3v) is 3.58. The van der Waals surface area contributed by atoms with E-state index in [0.717, 1.165) is 0 Å². The van der Waals surface area contributed by atoms with E-state index in [9.17, 15) is 9.59 Å². The summed E-state index contributed by atoms with van der Waals surface area (Å²) < 4.78 is 5.50. The topological polar surface area (TPSA) is 94.2 Å². The second kappa shape index (κ2) is 6.73. The maximum absolute atomic E-state index is 12.3. The van der Waals surface area contributed by atoms with Gasteiger partial charge in [-0.05, 0) is 32.0 Å². The number of aliphatic carboxylic acids is 1. The molecule has 1 aliphatic rings. The van der Waals surface area contributed by atoms with Crippen LogP contribution in [0.2, 0.25) is 0 Å². The van der Waals surface area contributed by atoms with Crippen molar-refractivity contribution in [2.24, 2.45) is 0 Å². The Labute approximate surface area is 122 Å². The fourth-order valence-corrected chi connectivity index (χ4v) is 2.50. The second-order valence-corrected chi connectivity index (χ2v) is 5.22. The molecule has 0 saturated carbocycles. The SMILES string of the molecule is CN(CCO)Cc1ccc(C(=O)N2CCCC2C(=O)O)o1. The number of hydrogen-bond acceptors (Lipinski definition) is 5. The number of likely N-dealkylation sites (N-methyl/N-ethyl adjacent to an activating group) is 1. The quantitative estimate of drug-likeness (QED) is 0.789. The molecule has 0 aliphatic carbocycles. The van der Waals surface area contributed by atoms with Gasteiger partial charge >= 0.3 is 5.97 Å². The summed E-state index contributed by atoms with van der Waals surface area (Å²) >= 11 is 0. The molecule has 2 N–H and O–H groups in total. The van der Waals surface area contributed by atoms with Crippen molar-refractivity contribution in [3.05, 3.63) is 23.7 Å². The van der Waals surface area contributed by atoms with Gasteiger partial charge in [0, 0.05) is 13.1 Å². The normalized spacial score (nSPS) is 18.4. The Morgan fingerprint density at radius 2 is 2.24 bits per heavy atom. The Morgan fingerprint density at radius 3 is 2.90 bits per heavy atom. The van der Waals surface area contributed by atoms with Crippen LogP contribution in [0.3, 0.4) is 0 Å². The van der Waals surface area contributed by atoms with Gasteiger partial charge in [0.1, 0.15) is 11.8 Å². The van der Waals surface area contributed by atoms with Crippen molar-refractivity contribution < 1.29 is 24.2 Å². The first-order valence-corrected chi connectivity index (χ1v) is 6.95. The molecule has 1 unspecified atom stereocenters. The fourth-order valence-electron chi connectivity index (χ4n) is 2.50. The molecule has 1 aromatic rings. The van der Waals surface area contributed by atoms with E-state index in [4.69, 9.17) is 14.6 Å². The van der Waals surface area contributed by atoms with E-state index < -0.39 is 12.0 Å². The first kappa shape index (κ1) is 15.5. The molecule has 1 atom stereocenters. The van der Waals surface area contributed by atoms with Crippen LogP contribution in [0.5, 0.6) is 0 Å². The van der Waals surface area contributed by atoms with Gasteiger partial charge in [0.15, 0.2) is 5.76 Å². The van der Waals surface area contributed by atoms with Crippen molar-refractivity contribution in [3.63, 3.8) is 0 Å². The number of amides is 1. The van der Waals surface area contributed by atoms with Gasteiger partial charge in [-0.15, -0.1) is 0 Å². The van der Waals surface area contributed by atoms with E-state index in [0.29, 0.717) is 38.2 Å². The lowest BCUT2D eigenvalue weighted by Crippen LogP contribution is -2.40. The van der Waals surface area contributed by atoms with Crippen molar-refractivity contribution in [1.29, 1.82) is 0 Å². The lowest BCUT2D eigenvalue weighted by Gasteiger charge is -2.20. The Balaban J connectivity index is 2.03. The third-order valence-electron chi connectivity index (χ3n) is 3.58. The zero-order valence-electron chi connectivity index (χ0n) is 12.0. The number of aliphatic hydroxyl groups is 1. The summed E-state index contributed by atoms with van der Waals surface area (Å²) in [6, 6.07) is 2.51. The highest BCUT2D eigenvalue weighted by molar-refractivity contribution is 5.94. The number of carboxylic acids is 1. The predicted molar refractivity (Wildman–Crippen MR) is 73.8 cm³/mol. The molecule has 7 heteroatoms. The number of hydrogen-bond donors (Lipinski definition) is 2. The molecule has 21 heavy (non-hydrogen) atoms.